The zero-order valence-corrected chi connectivity index (χ0v) is 7.73. The Bertz CT molecular complexity index is 221. The molecule has 0 N–H and O–H groups in total. The number of ether oxygens (including phenoxy) is 3. The fourth-order valence-electron chi connectivity index (χ4n) is 2.01. The summed E-state index contributed by atoms with van der Waals surface area (Å²) >= 11 is 0. The third kappa shape index (κ3) is 1.58. The van der Waals surface area contributed by atoms with Crippen molar-refractivity contribution in [2.24, 2.45) is 11.8 Å². The van der Waals surface area contributed by atoms with Crippen LogP contribution in [0.1, 0.15) is 13.3 Å². The van der Waals surface area contributed by atoms with Crippen LogP contribution >= 0.6 is 0 Å². The largest absolute Gasteiger partial charge is 0.352 e. The topological polar surface area (TPSA) is 27.7 Å². The van der Waals surface area contributed by atoms with Gasteiger partial charge >= 0.3 is 0 Å². The molecule has 0 radical (unpaired) electrons. The van der Waals surface area contributed by atoms with Gasteiger partial charge in [0.25, 0.3) is 0 Å². The number of terminal acetylenes is 1. The number of rotatable bonds is 2. The van der Waals surface area contributed by atoms with Gasteiger partial charge in [-0.15, -0.1) is 6.42 Å². The Balaban J connectivity index is 1.91. The maximum Gasteiger partial charge on any atom is 0.165 e. The van der Waals surface area contributed by atoms with Crippen molar-refractivity contribution < 1.29 is 14.2 Å². The zero-order chi connectivity index (χ0) is 9.26. The van der Waals surface area contributed by atoms with E-state index in [0.29, 0.717) is 18.4 Å². The van der Waals surface area contributed by atoms with Gasteiger partial charge in [-0.1, -0.05) is 12.8 Å². The number of hydrogen-bond donors (Lipinski definition) is 0. The number of fused-ring (bicyclic) bond motifs is 1. The van der Waals surface area contributed by atoms with Crippen LogP contribution in [-0.2, 0) is 14.2 Å². The van der Waals surface area contributed by atoms with Crippen molar-refractivity contribution >= 4 is 0 Å². The van der Waals surface area contributed by atoms with Crippen LogP contribution in [0.2, 0.25) is 0 Å². The highest BCUT2D eigenvalue weighted by Gasteiger charge is 2.45. The highest BCUT2D eigenvalue weighted by Crippen LogP contribution is 2.39. The fourth-order valence-corrected chi connectivity index (χ4v) is 2.01. The predicted octanol–water partition coefficient (Wildman–Crippen LogP) is 0.991. The summed E-state index contributed by atoms with van der Waals surface area (Å²) in [7, 11) is 0. The molecule has 2 fully saturated rings. The molecule has 2 rings (SSSR count). The molecule has 0 bridgehead atoms. The van der Waals surface area contributed by atoms with Crippen LogP contribution in [0.25, 0.3) is 0 Å². The lowest BCUT2D eigenvalue weighted by molar-refractivity contribution is -0.198. The van der Waals surface area contributed by atoms with Gasteiger partial charge < -0.3 is 14.2 Å². The fraction of sp³-hybridized carbons (Fsp3) is 0.800. The Morgan fingerprint density at radius 1 is 1.62 bits per heavy atom. The van der Waals surface area contributed by atoms with E-state index < -0.39 is 0 Å². The Labute approximate surface area is 78.4 Å². The second-order valence-corrected chi connectivity index (χ2v) is 3.57. The molecule has 2 heterocycles. The lowest BCUT2D eigenvalue weighted by atomic mass is 9.94. The predicted molar refractivity (Wildman–Crippen MR) is 46.7 cm³/mol. The van der Waals surface area contributed by atoms with Crippen molar-refractivity contribution in [3.8, 4) is 12.3 Å². The molecule has 2 aliphatic heterocycles. The molecule has 0 amide bonds. The van der Waals surface area contributed by atoms with Gasteiger partial charge in [-0.2, -0.15) is 0 Å². The SMILES string of the molecule is C#CCO[C@H]1O[C@H]2OCC[C@H]2[C@H]1C. The quantitative estimate of drug-likeness (QED) is 0.596. The van der Waals surface area contributed by atoms with Crippen LogP contribution in [0.3, 0.4) is 0 Å². The minimum atomic E-state index is -0.175. The first-order chi connectivity index (χ1) is 6.33. The van der Waals surface area contributed by atoms with Crippen molar-refractivity contribution in [3.63, 3.8) is 0 Å². The smallest absolute Gasteiger partial charge is 0.165 e. The summed E-state index contributed by atoms with van der Waals surface area (Å²) in [6.07, 6.45) is 5.94. The molecular formula is C10H14O3. The van der Waals surface area contributed by atoms with Crippen LogP contribution in [-0.4, -0.2) is 25.8 Å². The van der Waals surface area contributed by atoms with Crippen molar-refractivity contribution in [1.29, 1.82) is 0 Å². The number of hydrogen-bond acceptors (Lipinski definition) is 3. The summed E-state index contributed by atoms with van der Waals surface area (Å²) in [6.45, 7) is 3.25. The van der Waals surface area contributed by atoms with Crippen molar-refractivity contribution in [1.82, 2.24) is 0 Å². The van der Waals surface area contributed by atoms with Gasteiger partial charge in [-0.25, -0.2) is 0 Å². The molecule has 0 unspecified atom stereocenters. The van der Waals surface area contributed by atoms with Gasteiger partial charge in [0.05, 0.1) is 6.61 Å². The Morgan fingerprint density at radius 2 is 2.46 bits per heavy atom. The molecule has 13 heavy (non-hydrogen) atoms. The van der Waals surface area contributed by atoms with Crippen molar-refractivity contribution in [2.75, 3.05) is 13.2 Å². The molecule has 4 atom stereocenters. The van der Waals surface area contributed by atoms with Gasteiger partial charge in [0.1, 0.15) is 6.61 Å². The summed E-state index contributed by atoms with van der Waals surface area (Å²) in [5.41, 5.74) is 0. The Kier molecular flexibility index (Phi) is 2.54. The Morgan fingerprint density at radius 3 is 3.15 bits per heavy atom. The molecule has 2 aliphatic rings. The average Bonchev–Trinajstić information content (AvgIpc) is 2.67. The molecule has 3 nitrogen and oxygen atoms in total. The van der Waals surface area contributed by atoms with Crippen LogP contribution < -0.4 is 0 Å². The molecular weight excluding hydrogens is 168 g/mol. The monoisotopic (exact) mass is 182 g/mol. The lowest BCUT2D eigenvalue weighted by Gasteiger charge is -2.16. The van der Waals surface area contributed by atoms with E-state index in [-0.39, 0.29) is 12.6 Å². The van der Waals surface area contributed by atoms with Gasteiger partial charge in [0.2, 0.25) is 0 Å². The third-order valence-electron chi connectivity index (χ3n) is 2.79. The summed E-state index contributed by atoms with van der Waals surface area (Å²) in [5.74, 6) is 3.32. The summed E-state index contributed by atoms with van der Waals surface area (Å²) in [6, 6.07) is 0. The minimum Gasteiger partial charge on any atom is -0.352 e. The molecule has 0 spiro atoms. The lowest BCUT2D eigenvalue weighted by Crippen LogP contribution is -2.21. The molecule has 3 heteroatoms. The van der Waals surface area contributed by atoms with Crippen molar-refractivity contribution in [2.45, 2.75) is 25.9 Å². The average molecular weight is 182 g/mol. The minimum absolute atomic E-state index is 0.0576. The molecule has 0 aliphatic carbocycles. The first kappa shape index (κ1) is 9.01. The summed E-state index contributed by atoms with van der Waals surface area (Å²) < 4.78 is 16.3. The highest BCUT2D eigenvalue weighted by molar-refractivity contribution is 4.87. The maximum absolute atomic E-state index is 5.56. The first-order valence-electron chi connectivity index (χ1n) is 4.65. The van der Waals surface area contributed by atoms with Gasteiger partial charge in [0, 0.05) is 11.8 Å². The molecule has 0 aromatic heterocycles. The molecule has 0 saturated carbocycles. The Hall–Kier alpha value is -0.560. The zero-order valence-electron chi connectivity index (χ0n) is 7.73. The molecule has 72 valence electrons. The van der Waals surface area contributed by atoms with E-state index in [1.54, 1.807) is 0 Å². The van der Waals surface area contributed by atoms with Crippen LogP contribution in [0.15, 0.2) is 0 Å². The van der Waals surface area contributed by atoms with E-state index >= 15 is 0 Å². The van der Waals surface area contributed by atoms with Crippen LogP contribution in [0, 0.1) is 24.2 Å². The summed E-state index contributed by atoms with van der Waals surface area (Å²) in [5, 5.41) is 0. The molecule has 0 aromatic rings. The highest BCUT2D eigenvalue weighted by atomic mass is 16.8. The first-order valence-corrected chi connectivity index (χ1v) is 4.65. The second-order valence-electron chi connectivity index (χ2n) is 3.57. The van der Waals surface area contributed by atoms with E-state index in [9.17, 15) is 0 Å². The van der Waals surface area contributed by atoms with Crippen molar-refractivity contribution in [3.05, 3.63) is 0 Å². The van der Waals surface area contributed by atoms with E-state index in [1.165, 1.54) is 0 Å². The molecule has 2 saturated heterocycles. The van der Waals surface area contributed by atoms with E-state index in [4.69, 9.17) is 20.6 Å². The van der Waals surface area contributed by atoms with Gasteiger partial charge in [-0.05, 0) is 6.42 Å². The normalized spacial score (nSPS) is 43.1. The van der Waals surface area contributed by atoms with Gasteiger partial charge in [0.15, 0.2) is 12.6 Å². The van der Waals surface area contributed by atoms with E-state index in [1.807, 2.05) is 0 Å². The second kappa shape index (κ2) is 3.67. The van der Waals surface area contributed by atoms with E-state index in [2.05, 4.69) is 12.8 Å². The molecule has 0 aromatic carbocycles. The third-order valence-corrected chi connectivity index (χ3v) is 2.79. The summed E-state index contributed by atoms with van der Waals surface area (Å²) in [4.78, 5) is 0. The van der Waals surface area contributed by atoms with Gasteiger partial charge in [-0.3, -0.25) is 0 Å². The standard InChI is InChI=1S/C10H14O3/c1-3-5-11-9-7(2)8-4-6-12-10(8)13-9/h1,7-10H,4-6H2,2H3/t7-,8+,9+,10-/m1/s1. The van der Waals surface area contributed by atoms with Crippen LogP contribution in [0.4, 0.5) is 0 Å². The van der Waals surface area contributed by atoms with E-state index in [0.717, 1.165) is 13.0 Å². The van der Waals surface area contributed by atoms with Crippen LogP contribution in [0.5, 0.6) is 0 Å². The maximum atomic E-state index is 5.56.